The maximum absolute atomic E-state index is 13.1. The zero-order valence-corrected chi connectivity index (χ0v) is 15.3. The molecule has 1 aromatic carbocycles. The van der Waals surface area contributed by atoms with Crippen molar-refractivity contribution in [2.45, 2.75) is 16.6 Å². The van der Waals surface area contributed by atoms with Crippen molar-refractivity contribution in [1.82, 2.24) is 10.3 Å². The molecular weight excluding hydrogens is 364 g/mol. The van der Waals surface area contributed by atoms with Crippen molar-refractivity contribution >= 4 is 27.3 Å². The summed E-state index contributed by atoms with van der Waals surface area (Å²) in [4.78, 5) is 15.8. The Hall–Kier alpha value is -2.12. The van der Waals surface area contributed by atoms with E-state index in [2.05, 4.69) is 10.3 Å². The fourth-order valence-electron chi connectivity index (χ4n) is 2.28. The van der Waals surface area contributed by atoms with Crippen LogP contribution in [0.15, 0.2) is 53.7 Å². The number of methoxy groups -OCH3 is 1. The number of nitrogens with zero attached hydrogens (tertiary/aromatic N) is 1. The molecule has 0 saturated carbocycles. The zero-order chi connectivity index (χ0) is 18.3. The molecule has 2 rings (SSSR count). The molecule has 1 heterocycles. The van der Waals surface area contributed by atoms with Gasteiger partial charge in [0.25, 0.3) is 0 Å². The first-order valence-corrected chi connectivity index (χ1v) is 9.67. The number of ether oxygens (including phenoxy) is 1. The molecule has 1 atom stereocenters. The predicted molar refractivity (Wildman–Crippen MR) is 95.5 cm³/mol. The van der Waals surface area contributed by atoms with E-state index in [9.17, 15) is 13.2 Å². The number of rotatable bonds is 8. The smallest absolute Gasteiger partial charge is 0.221 e. The molecule has 0 radical (unpaired) electrons. The first kappa shape index (κ1) is 19.2. The molecule has 1 amide bonds. The summed E-state index contributed by atoms with van der Waals surface area (Å²) in [5, 5.41) is 1.68. The third kappa shape index (κ3) is 4.93. The van der Waals surface area contributed by atoms with Crippen molar-refractivity contribution < 1.29 is 17.9 Å². The van der Waals surface area contributed by atoms with Gasteiger partial charge >= 0.3 is 0 Å². The van der Waals surface area contributed by atoms with Crippen LogP contribution in [0.5, 0.6) is 5.75 Å². The van der Waals surface area contributed by atoms with Crippen molar-refractivity contribution in [3.8, 4) is 5.75 Å². The van der Waals surface area contributed by atoms with Gasteiger partial charge in [-0.25, -0.2) is 8.42 Å². The molecule has 1 aromatic heterocycles. The fourth-order valence-corrected chi connectivity index (χ4v) is 4.10. The molecule has 0 aliphatic carbocycles. The second-order valence-corrected chi connectivity index (χ2v) is 7.75. The summed E-state index contributed by atoms with van der Waals surface area (Å²) in [6.07, 6.45) is 3.18. The summed E-state index contributed by atoms with van der Waals surface area (Å²) in [6, 6.07) is 9.47. The minimum atomic E-state index is -3.73. The Morgan fingerprint density at radius 3 is 2.56 bits per heavy atom. The minimum absolute atomic E-state index is 0.0597. The van der Waals surface area contributed by atoms with Crippen LogP contribution in [-0.4, -0.2) is 38.8 Å². The van der Waals surface area contributed by atoms with Crippen LogP contribution in [0.4, 0.5) is 0 Å². The maximum Gasteiger partial charge on any atom is 0.221 e. The van der Waals surface area contributed by atoms with Crippen molar-refractivity contribution in [3.05, 3.63) is 54.4 Å². The van der Waals surface area contributed by atoms with Gasteiger partial charge in [-0.3, -0.25) is 9.78 Å². The Bertz CT molecular complexity index is 795. The number of amides is 1. The number of alkyl halides is 1. The highest BCUT2D eigenvalue weighted by Crippen LogP contribution is 2.29. The second kappa shape index (κ2) is 8.82. The summed E-state index contributed by atoms with van der Waals surface area (Å²) < 4.78 is 31.2. The highest BCUT2D eigenvalue weighted by atomic mass is 35.5. The molecule has 0 fully saturated rings. The average Bonchev–Trinajstić information content (AvgIpc) is 2.63. The van der Waals surface area contributed by atoms with E-state index in [1.807, 2.05) is 0 Å². The highest BCUT2D eigenvalue weighted by Gasteiger charge is 2.29. The van der Waals surface area contributed by atoms with Gasteiger partial charge in [-0.15, -0.1) is 11.6 Å². The lowest BCUT2D eigenvalue weighted by Gasteiger charge is -2.19. The number of aromatic nitrogens is 1. The van der Waals surface area contributed by atoms with E-state index >= 15 is 0 Å². The van der Waals surface area contributed by atoms with Gasteiger partial charge in [0.05, 0.1) is 12.0 Å². The Balaban J connectivity index is 2.33. The number of pyridine rings is 1. The van der Waals surface area contributed by atoms with E-state index in [4.69, 9.17) is 16.3 Å². The minimum Gasteiger partial charge on any atom is -0.497 e. The van der Waals surface area contributed by atoms with Crippen LogP contribution in [0, 0.1) is 0 Å². The van der Waals surface area contributed by atoms with Crippen LogP contribution in [-0.2, 0) is 14.6 Å². The quantitative estimate of drug-likeness (QED) is 0.708. The molecule has 0 aliphatic rings. The van der Waals surface area contributed by atoms with Crippen LogP contribution >= 0.6 is 11.6 Å². The van der Waals surface area contributed by atoms with Crippen molar-refractivity contribution in [3.63, 3.8) is 0 Å². The van der Waals surface area contributed by atoms with Gasteiger partial charge in [-0.1, -0.05) is 6.07 Å². The van der Waals surface area contributed by atoms with Crippen LogP contribution in [0.1, 0.15) is 17.2 Å². The summed E-state index contributed by atoms with van der Waals surface area (Å²) in [6.45, 7) is -0.0597. The molecule has 2 aromatic rings. The monoisotopic (exact) mass is 382 g/mol. The second-order valence-electron chi connectivity index (χ2n) is 5.24. The molecule has 1 N–H and O–H groups in total. The third-order valence-corrected chi connectivity index (χ3v) is 5.93. The van der Waals surface area contributed by atoms with Gasteiger partial charge in [-0.2, -0.15) is 0 Å². The number of benzene rings is 1. The SMILES string of the molecule is COc1ccc(S(=O)(=O)[C@H](CNC(=O)CCCl)c2cccnc2)cc1. The number of hydrogen-bond acceptors (Lipinski definition) is 5. The number of carbonyl (C=O) groups excluding carboxylic acids is 1. The molecule has 0 aliphatic heterocycles. The standard InChI is InChI=1S/C17H19ClN2O4S/c1-24-14-4-6-15(7-5-14)25(22,23)16(12-20-17(21)8-9-18)13-3-2-10-19-11-13/h2-7,10-11,16H,8-9,12H2,1H3,(H,20,21)/t16-/m1/s1. The summed E-state index contributed by atoms with van der Waals surface area (Å²) in [5.41, 5.74) is 0.504. The van der Waals surface area contributed by atoms with Gasteiger partial charge in [0.2, 0.25) is 5.91 Å². The van der Waals surface area contributed by atoms with E-state index in [1.54, 1.807) is 30.5 Å². The van der Waals surface area contributed by atoms with Crippen LogP contribution in [0.25, 0.3) is 0 Å². The van der Waals surface area contributed by atoms with Crippen molar-refractivity contribution in [2.75, 3.05) is 19.5 Å². The van der Waals surface area contributed by atoms with Gasteiger partial charge in [-0.05, 0) is 35.9 Å². The normalized spacial score (nSPS) is 12.4. The third-order valence-electron chi connectivity index (χ3n) is 3.62. The molecule has 0 unspecified atom stereocenters. The van der Waals surface area contributed by atoms with Gasteiger partial charge in [0.1, 0.15) is 11.0 Å². The molecular formula is C17H19ClN2O4S. The van der Waals surface area contributed by atoms with E-state index < -0.39 is 15.1 Å². The van der Waals surface area contributed by atoms with E-state index in [1.165, 1.54) is 25.4 Å². The Morgan fingerprint density at radius 2 is 2.00 bits per heavy atom. The number of sulfone groups is 1. The number of hydrogen-bond donors (Lipinski definition) is 1. The fraction of sp³-hybridized carbons (Fsp3) is 0.294. The van der Waals surface area contributed by atoms with Crippen LogP contribution in [0.2, 0.25) is 0 Å². The van der Waals surface area contributed by atoms with Crippen LogP contribution in [0.3, 0.4) is 0 Å². The molecule has 8 heteroatoms. The maximum atomic E-state index is 13.1. The van der Waals surface area contributed by atoms with Gasteiger partial charge in [0.15, 0.2) is 9.84 Å². The largest absolute Gasteiger partial charge is 0.497 e. The molecule has 25 heavy (non-hydrogen) atoms. The lowest BCUT2D eigenvalue weighted by molar-refractivity contribution is -0.120. The Morgan fingerprint density at radius 1 is 1.28 bits per heavy atom. The van der Waals surface area contributed by atoms with Crippen molar-refractivity contribution in [1.29, 1.82) is 0 Å². The van der Waals surface area contributed by atoms with E-state index in [0.29, 0.717) is 11.3 Å². The first-order valence-electron chi connectivity index (χ1n) is 7.59. The average molecular weight is 383 g/mol. The van der Waals surface area contributed by atoms with Crippen LogP contribution < -0.4 is 10.1 Å². The summed E-state index contributed by atoms with van der Waals surface area (Å²) in [5.74, 6) is 0.440. The Kier molecular flexibility index (Phi) is 6.78. The van der Waals surface area contributed by atoms with E-state index in [-0.39, 0.29) is 29.6 Å². The number of halogens is 1. The zero-order valence-electron chi connectivity index (χ0n) is 13.7. The summed E-state index contributed by atoms with van der Waals surface area (Å²) in [7, 11) is -2.22. The molecule has 134 valence electrons. The van der Waals surface area contributed by atoms with Crippen molar-refractivity contribution in [2.24, 2.45) is 0 Å². The highest BCUT2D eigenvalue weighted by molar-refractivity contribution is 7.91. The number of nitrogens with one attached hydrogen (secondary N) is 1. The molecule has 6 nitrogen and oxygen atoms in total. The van der Waals surface area contributed by atoms with E-state index in [0.717, 1.165) is 0 Å². The topological polar surface area (TPSA) is 85.4 Å². The Labute approximate surface area is 152 Å². The predicted octanol–water partition coefficient (Wildman–Crippen LogP) is 2.35. The van der Waals surface area contributed by atoms with Gasteiger partial charge < -0.3 is 10.1 Å². The molecule has 0 bridgehead atoms. The van der Waals surface area contributed by atoms with Gasteiger partial charge in [0, 0.05) is 31.2 Å². The lowest BCUT2D eigenvalue weighted by Crippen LogP contribution is -2.32. The number of carbonyl (C=O) groups is 1. The lowest BCUT2D eigenvalue weighted by atomic mass is 10.2. The molecule has 0 saturated heterocycles. The first-order chi connectivity index (χ1) is 12.0. The molecule has 0 spiro atoms. The summed E-state index contributed by atoms with van der Waals surface area (Å²) >= 11 is 5.54.